The number of anilines is 1. The van der Waals surface area contributed by atoms with Crippen LogP contribution < -0.4 is 4.90 Å². The molecule has 1 aromatic heterocycles. The molecule has 2 aromatic rings. The van der Waals surface area contributed by atoms with E-state index in [-0.39, 0.29) is 18.0 Å². The number of piperidine rings is 1. The van der Waals surface area contributed by atoms with Crippen molar-refractivity contribution in [3.05, 3.63) is 53.2 Å². The Balaban J connectivity index is 1.34. The van der Waals surface area contributed by atoms with Crippen molar-refractivity contribution in [1.82, 2.24) is 4.98 Å². The molecular formula is C29H37FN2O2. The summed E-state index contributed by atoms with van der Waals surface area (Å²) in [5, 5.41) is 10.3. The minimum Gasteiger partial charge on any atom is -0.495 e. The van der Waals surface area contributed by atoms with E-state index in [0.29, 0.717) is 23.4 Å². The quantitative estimate of drug-likeness (QED) is 0.523. The van der Waals surface area contributed by atoms with E-state index in [9.17, 15) is 9.50 Å². The SMILES string of the molecule is C/C(=C\c1nc(-c2ccc(N3CCCCC3)cc2)c(F)cc1C)OC1CC(C)C2C(O)CCC12. The zero-order valence-corrected chi connectivity index (χ0v) is 20.6. The first-order valence-corrected chi connectivity index (χ1v) is 13.0. The third-order valence-corrected chi connectivity index (χ3v) is 8.22. The number of ether oxygens (including phenoxy) is 1. The van der Waals surface area contributed by atoms with E-state index in [4.69, 9.17) is 9.72 Å². The summed E-state index contributed by atoms with van der Waals surface area (Å²) in [7, 11) is 0. The van der Waals surface area contributed by atoms with Crippen LogP contribution in [0.15, 0.2) is 36.1 Å². The van der Waals surface area contributed by atoms with E-state index in [1.54, 1.807) is 6.07 Å². The Bertz CT molecular complexity index is 1040. The van der Waals surface area contributed by atoms with Crippen molar-refractivity contribution in [2.75, 3.05) is 18.0 Å². The number of aryl methyl sites for hydroxylation is 1. The van der Waals surface area contributed by atoms with Crippen LogP contribution in [0.4, 0.5) is 10.1 Å². The molecule has 34 heavy (non-hydrogen) atoms. The highest BCUT2D eigenvalue weighted by atomic mass is 19.1. The van der Waals surface area contributed by atoms with Gasteiger partial charge >= 0.3 is 0 Å². The van der Waals surface area contributed by atoms with Crippen LogP contribution >= 0.6 is 0 Å². The number of benzene rings is 1. The second-order valence-corrected chi connectivity index (χ2v) is 10.6. The van der Waals surface area contributed by atoms with E-state index in [2.05, 4.69) is 24.0 Å². The lowest BCUT2D eigenvalue weighted by molar-refractivity contribution is 0.0694. The van der Waals surface area contributed by atoms with Gasteiger partial charge in [0.15, 0.2) is 0 Å². The molecule has 2 saturated carbocycles. The Hall–Kier alpha value is -2.40. The fourth-order valence-electron chi connectivity index (χ4n) is 6.49. The van der Waals surface area contributed by atoms with Crippen LogP contribution in [0, 0.1) is 30.5 Å². The van der Waals surface area contributed by atoms with Crippen molar-refractivity contribution in [1.29, 1.82) is 0 Å². The Labute approximate surface area is 202 Å². The molecular weight excluding hydrogens is 427 g/mol. The number of hydrogen-bond acceptors (Lipinski definition) is 4. The van der Waals surface area contributed by atoms with Gasteiger partial charge in [0.05, 0.1) is 17.6 Å². The Kier molecular flexibility index (Phi) is 6.65. The smallest absolute Gasteiger partial charge is 0.149 e. The second-order valence-electron chi connectivity index (χ2n) is 10.6. The van der Waals surface area contributed by atoms with Gasteiger partial charge in [-0.05, 0) is 88.0 Å². The third-order valence-electron chi connectivity index (χ3n) is 8.22. The van der Waals surface area contributed by atoms with Crippen molar-refractivity contribution in [2.24, 2.45) is 17.8 Å². The summed E-state index contributed by atoms with van der Waals surface area (Å²) >= 11 is 0. The molecule has 182 valence electrons. The van der Waals surface area contributed by atoms with Crippen LogP contribution in [0.5, 0.6) is 0 Å². The van der Waals surface area contributed by atoms with Crippen LogP contribution in [-0.2, 0) is 4.74 Å². The lowest BCUT2D eigenvalue weighted by Crippen LogP contribution is -2.29. The number of halogens is 1. The molecule has 5 unspecified atom stereocenters. The maximum absolute atomic E-state index is 14.9. The van der Waals surface area contributed by atoms with E-state index in [1.807, 2.05) is 32.1 Å². The van der Waals surface area contributed by atoms with Gasteiger partial charge in [-0.2, -0.15) is 0 Å². The van der Waals surface area contributed by atoms with E-state index >= 15 is 0 Å². The predicted molar refractivity (Wildman–Crippen MR) is 135 cm³/mol. The minimum absolute atomic E-state index is 0.135. The van der Waals surface area contributed by atoms with Gasteiger partial charge in [0.2, 0.25) is 0 Å². The van der Waals surface area contributed by atoms with Crippen LogP contribution in [0.2, 0.25) is 0 Å². The molecule has 2 aliphatic carbocycles. The average molecular weight is 465 g/mol. The molecule has 5 heteroatoms. The highest BCUT2D eigenvalue weighted by molar-refractivity contribution is 5.66. The summed E-state index contributed by atoms with van der Waals surface area (Å²) in [5.41, 5.74) is 3.90. The second kappa shape index (κ2) is 9.69. The lowest BCUT2D eigenvalue weighted by Gasteiger charge is -2.28. The molecule has 1 saturated heterocycles. The fourth-order valence-corrected chi connectivity index (χ4v) is 6.49. The molecule has 1 aliphatic heterocycles. The summed E-state index contributed by atoms with van der Waals surface area (Å²) < 4.78 is 21.3. The van der Waals surface area contributed by atoms with Gasteiger partial charge in [-0.15, -0.1) is 0 Å². The highest BCUT2D eigenvalue weighted by Crippen LogP contribution is 2.49. The van der Waals surface area contributed by atoms with Gasteiger partial charge in [-0.3, -0.25) is 0 Å². The van der Waals surface area contributed by atoms with Crippen LogP contribution in [0.3, 0.4) is 0 Å². The van der Waals surface area contributed by atoms with Crippen LogP contribution in [-0.4, -0.2) is 35.4 Å². The van der Waals surface area contributed by atoms with Gasteiger partial charge in [0, 0.05) is 36.3 Å². The zero-order chi connectivity index (χ0) is 23.8. The first kappa shape index (κ1) is 23.3. The monoisotopic (exact) mass is 464 g/mol. The summed E-state index contributed by atoms with van der Waals surface area (Å²) in [5.74, 6) is 1.75. The number of nitrogens with zero attached hydrogens (tertiary/aromatic N) is 2. The maximum Gasteiger partial charge on any atom is 0.149 e. The highest BCUT2D eigenvalue weighted by Gasteiger charge is 2.49. The average Bonchev–Trinajstić information content (AvgIpc) is 3.37. The topological polar surface area (TPSA) is 45.6 Å². The Morgan fingerprint density at radius 3 is 2.62 bits per heavy atom. The molecule has 0 amide bonds. The molecule has 2 heterocycles. The first-order valence-electron chi connectivity index (χ1n) is 13.0. The first-order chi connectivity index (χ1) is 16.4. The lowest BCUT2D eigenvalue weighted by atomic mass is 9.92. The molecule has 0 spiro atoms. The van der Waals surface area contributed by atoms with Gasteiger partial charge in [0.25, 0.3) is 0 Å². The molecule has 3 fully saturated rings. The Morgan fingerprint density at radius 1 is 1.15 bits per heavy atom. The molecule has 4 nitrogen and oxygen atoms in total. The number of hydrogen-bond donors (Lipinski definition) is 1. The number of fused-ring (bicyclic) bond motifs is 1. The number of aliphatic hydroxyl groups excluding tert-OH is 1. The van der Waals surface area contributed by atoms with Gasteiger partial charge in [-0.1, -0.05) is 19.1 Å². The molecule has 3 aliphatic rings. The number of aromatic nitrogens is 1. The standard InChI is InChI=1S/C29H37FN2O2/c1-18-15-24(30)29(21-7-9-22(10-8-21)32-13-5-4-6-14-32)31-25(18)17-20(3)34-27-16-19(2)28-23(27)11-12-26(28)33/h7-10,15,17,19,23,26-28,33H,4-6,11-14,16H2,1-3H3/b20-17+. The maximum atomic E-state index is 14.9. The molecule has 5 rings (SSSR count). The van der Waals surface area contributed by atoms with Crippen LogP contribution in [0.1, 0.15) is 63.6 Å². The van der Waals surface area contributed by atoms with Crippen molar-refractivity contribution in [3.63, 3.8) is 0 Å². The molecule has 5 atom stereocenters. The van der Waals surface area contributed by atoms with E-state index < -0.39 is 0 Å². The Morgan fingerprint density at radius 2 is 1.88 bits per heavy atom. The number of aliphatic hydroxyl groups is 1. The third kappa shape index (κ3) is 4.59. The van der Waals surface area contributed by atoms with E-state index in [0.717, 1.165) is 54.9 Å². The largest absolute Gasteiger partial charge is 0.495 e. The minimum atomic E-state index is -0.300. The number of pyridine rings is 1. The normalized spacial score (nSPS) is 29.4. The van der Waals surface area contributed by atoms with Gasteiger partial charge in [-0.25, -0.2) is 9.37 Å². The zero-order valence-electron chi connectivity index (χ0n) is 20.6. The van der Waals surface area contributed by atoms with Crippen molar-refractivity contribution >= 4 is 11.8 Å². The summed E-state index contributed by atoms with van der Waals surface area (Å²) in [6.45, 7) is 8.25. The summed E-state index contributed by atoms with van der Waals surface area (Å²) in [6.07, 6.45) is 8.52. The molecule has 0 bridgehead atoms. The molecule has 1 N–H and O–H groups in total. The number of rotatable bonds is 5. The van der Waals surface area contributed by atoms with Crippen molar-refractivity contribution in [2.45, 2.75) is 71.5 Å². The summed E-state index contributed by atoms with van der Waals surface area (Å²) in [6, 6.07) is 9.69. The van der Waals surface area contributed by atoms with Crippen molar-refractivity contribution < 1.29 is 14.2 Å². The fraction of sp³-hybridized carbons (Fsp3) is 0.552. The van der Waals surface area contributed by atoms with Crippen molar-refractivity contribution in [3.8, 4) is 11.3 Å². The van der Waals surface area contributed by atoms with Crippen LogP contribution in [0.25, 0.3) is 17.3 Å². The van der Waals surface area contributed by atoms with E-state index in [1.165, 1.54) is 24.9 Å². The van der Waals surface area contributed by atoms with Gasteiger partial charge < -0.3 is 14.7 Å². The summed E-state index contributed by atoms with van der Waals surface area (Å²) in [4.78, 5) is 7.11. The predicted octanol–water partition coefficient (Wildman–Crippen LogP) is 6.36. The van der Waals surface area contributed by atoms with Gasteiger partial charge in [0.1, 0.15) is 17.6 Å². The molecule has 0 radical (unpaired) electrons. The number of allylic oxidation sites excluding steroid dienone is 1. The molecule has 1 aromatic carbocycles.